The number of hydrazine groups is 1. The Morgan fingerprint density at radius 2 is 0.893 bits per heavy atom. The summed E-state index contributed by atoms with van der Waals surface area (Å²) in [7, 11) is -3.40. The number of piperazine rings is 2. The third-order valence-corrected chi connectivity index (χ3v) is 12.6. The van der Waals surface area contributed by atoms with Gasteiger partial charge in [-0.15, -0.1) is 10.2 Å². The fourth-order valence-corrected chi connectivity index (χ4v) is 8.70. The molecule has 2 aromatic carbocycles. The van der Waals surface area contributed by atoms with Gasteiger partial charge in [-0.05, 0) is 72.8 Å². The molecule has 2 aliphatic heterocycles. The van der Waals surface area contributed by atoms with Gasteiger partial charge < -0.3 is 19.3 Å². The van der Waals surface area contributed by atoms with Crippen molar-refractivity contribution in [1.29, 1.82) is 0 Å². The number of fused-ring (bicyclic) bond motifs is 2. The molecule has 2 aliphatic rings. The monoisotopic (exact) mass is 802 g/mol. The second-order valence-corrected chi connectivity index (χ2v) is 17.4. The highest BCUT2D eigenvalue weighted by Crippen LogP contribution is 2.37. The van der Waals surface area contributed by atoms with Crippen molar-refractivity contribution in [2.24, 2.45) is 0 Å². The average molecular weight is 803 g/mol. The van der Waals surface area contributed by atoms with Gasteiger partial charge in [0.05, 0.1) is 49.5 Å². The predicted octanol–water partition coefficient (Wildman–Crippen LogP) is 2.84. The Balaban J connectivity index is 1.25. The van der Waals surface area contributed by atoms with Crippen LogP contribution in [0.4, 0.5) is 34.6 Å². The molecule has 8 rings (SSSR count). The van der Waals surface area contributed by atoms with Crippen LogP contribution >= 0.6 is 0 Å². The summed E-state index contributed by atoms with van der Waals surface area (Å²) < 4.78 is 66.4. The number of hydrogen-bond acceptors (Lipinski definition) is 14. The topological polar surface area (TPSA) is 167 Å². The maximum absolute atomic E-state index is 12.2. The maximum Gasteiger partial charge on any atom is 0.269 e. The number of rotatable bonds is 11. The van der Waals surface area contributed by atoms with Crippen LogP contribution in [0.1, 0.15) is 0 Å². The van der Waals surface area contributed by atoms with Crippen molar-refractivity contribution in [3.8, 4) is 11.5 Å². The Morgan fingerprint density at radius 1 is 0.536 bits per heavy atom. The van der Waals surface area contributed by atoms with E-state index in [-0.39, 0.29) is 0 Å². The molecule has 0 unspecified atom stereocenters. The Kier molecular flexibility index (Phi) is 9.81. The van der Waals surface area contributed by atoms with Crippen molar-refractivity contribution in [3.05, 3.63) is 85.2 Å². The molecule has 2 saturated heterocycles. The third-order valence-electron chi connectivity index (χ3n) is 9.97. The van der Waals surface area contributed by atoms with Crippen LogP contribution in [0.3, 0.4) is 0 Å². The summed E-state index contributed by atoms with van der Waals surface area (Å²) in [5.74, 6) is 1.94. The molecular formula is C36H42N12O6S2. The molecule has 6 heterocycles. The van der Waals surface area contributed by atoms with Crippen LogP contribution < -0.4 is 29.3 Å². The number of benzene rings is 2. The zero-order valence-corrected chi connectivity index (χ0v) is 33.0. The summed E-state index contributed by atoms with van der Waals surface area (Å²) >= 11 is 0. The molecule has 0 saturated carbocycles. The molecule has 56 heavy (non-hydrogen) atoms. The summed E-state index contributed by atoms with van der Waals surface area (Å²) in [6.45, 7) is 3.41. The van der Waals surface area contributed by atoms with E-state index >= 15 is 0 Å². The van der Waals surface area contributed by atoms with Gasteiger partial charge in [0.2, 0.25) is 20.0 Å². The first kappa shape index (κ1) is 37.2. The molecule has 20 heteroatoms. The van der Waals surface area contributed by atoms with Gasteiger partial charge >= 0.3 is 0 Å². The zero-order valence-electron chi connectivity index (χ0n) is 31.4. The summed E-state index contributed by atoms with van der Waals surface area (Å²) in [5, 5.41) is 13.7. The molecule has 0 atom stereocenters. The normalized spacial score (nSPS) is 16.1. The molecule has 0 N–H and O–H groups in total. The van der Waals surface area contributed by atoms with Gasteiger partial charge in [0.15, 0.2) is 11.3 Å². The molecule has 18 nitrogen and oxygen atoms in total. The van der Waals surface area contributed by atoms with Crippen molar-refractivity contribution in [1.82, 2.24) is 37.8 Å². The minimum atomic E-state index is -3.31. The second kappa shape index (κ2) is 14.8. The van der Waals surface area contributed by atoms with Gasteiger partial charge in [-0.1, -0.05) is 0 Å². The first-order valence-corrected chi connectivity index (χ1v) is 21.6. The first-order valence-electron chi connectivity index (χ1n) is 17.9. The van der Waals surface area contributed by atoms with E-state index in [1.807, 2.05) is 95.2 Å². The lowest BCUT2D eigenvalue weighted by atomic mass is 10.2. The number of methoxy groups -OCH3 is 2. The minimum Gasteiger partial charge on any atom is -0.497 e. The Hall–Kier alpha value is -5.70. The fraction of sp³-hybridized carbons (Fsp3) is 0.333. The van der Waals surface area contributed by atoms with E-state index in [1.54, 1.807) is 23.3 Å². The van der Waals surface area contributed by atoms with E-state index in [9.17, 15) is 16.8 Å². The Morgan fingerprint density at radius 3 is 1.21 bits per heavy atom. The number of aromatic nitrogens is 6. The molecule has 0 amide bonds. The smallest absolute Gasteiger partial charge is 0.269 e. The predicted molar refractivity (Wildman–Crippen MR) is 213 cm³/mol. The van der Waals surface area contributed by atoms with Crippen LogP contribution in [0.2, 0.25) is 0 Å². The molecule has 0 aliphatic carbocycles. The van der Waals surface area contributed by atoms with Gasteiger partial charge in [-0.2, -0.15) is 18.6 Å². The van der Waals surface area contributed by atoms with Crippen LogP contribution in [0.25, 0.3) is 11.3 Å². The standard InChI is InChI=1S/C36H42N12O6S2/c1-53-29-13-9-27(10-14-29)47(35-37-33-31(7-5-17-45(33)39-35)41-19-23-43(24-20-41)55(3,49)50)48(28-11-15-30(54-2)16-12-28)36-38-34-32(8-6-18-46(34)40-36)42-21-25-44(26-22-42)56(4,51)52/h5-18H,19-26H2,1-4H3. The van der Waals surface area contributed by atoms with Crippen molar-refractivity contribution in [3.63, 3.8) is 0 Å². The van der Waals surface area contributed by atoms with Crippen LogP contribution in [0, 0.1) is 0 Å². The van der Waals surface area contributed by atoms with E-state index in [0.717, 1.165) is 11.4 Å². The molecule has 0 bridgehead atoms. The molecule has 0 radical (unpaired) electrons. The highest BCUT2D eigenvalue weighted by atomic mass is 32.2. The van der Waals surface area contributed by atoms with Crippen molar-refractivity contribution in [2.45, 2.75) is 0 Å². The molecule has 2 fully saturated rings. The highest BCUT2D eigenvalue weighted by Gasteiger charge is 2.32. The lowest BCUT2D eigenvalue weighted by molar-refractivity contribution is 0.388. The molecule has 6 aromatic rings. The minimum absolute atomic E-state index is 0.309. The first-order chi connectivity index (χ1) is 26.9. The van der Waals surface area contributed by atoms with E-state index in [4.69, 9.17) is 29.6 Å². The zero-order chi connectivity index (χ0) is 39.2. The van der Waals surface area contributed by atoms with Crippen LogP contribution in [-0.4, -0.2) is 134 Å². The number of sulfonamides is 2. The van der Waals surface area contributed by atoms with Crippen LogP contribution in [0.5, 0.6) is 11.5 Å². The van der Waals surface area contributed by atoms with Crippen LogP contribution in [0.15, 0.2) is 85.2 Å². The fourth-order valence-electron chi connectivity index (χ4n) is 7.04. The number of anilines is 6. The van der Waals surface area contributed by atoms with Gasteiger partial charge in [0, 0.05) is 64.8 Å². The van der Waals surface area contributed by atoms with Gasteiger partial charge in [-0.25, -0.2) is 35.9 Å². The largest absolute Gasteiger partial charge is 0.497 e. The van der Waals surface area contributed by atoms with Crippen LogP contribution in [-0.2, 0) is 20.0 Å². The molecule has 0 spiro atoms. The van der Waals surface area contributed by atoms with E-state index in [0.29, 0.717) is 98.4 Å². The molecule has 294 valence electrons. The quantitative estimate of drug-likeness (QED) is 0.176. The average Bonchev–Trinajstić information content (AvgIpc) is 3.84. The van der Waals surface area contributed by atoms with Gasteiger partial charge in [0.25, 0.3) is 11.9 Å². The summed E-state index contributed by atoms with van der Waals surface area (Å²) in [6, 6.07) is 22.7. The van der Waals surface area contributed by atoms with Crippen molar-refractivity contribution < 1.29 is 26.3 Å². The summed E-state index contributed by atoms with van der Waals surface area (Å²) in [5.41, 5.74) is 4.16. The number of pyridine rings is 2. The van der Waals surface area contributed by atoms with Gasteiger partial charge in [0.1, 0.15) is 11.5 Å². The summed E-state index contributed by atoms with van der Waals surface area (Å²) in [6.07, 6.45) is 6.12. The SMILES string of the molecule is COc1ccc(N(c2nc3c(N4CCN(S(C)(=O)=O)CC4)cccn3n2)N(c2ccc(OC)cc2)c2nc3c(N4CCN(S(C)(=O)=O)CC4)cccn3n2)cc1. The third kappa shape index (κ3) is 7.22. The lowest BCUT2D eigenvalue weighted by Crippen LogP contribution is -2.48. The van der Waals surface area contributed by atoms with E-state index in [1.165, 1.54) is 21.1 Å². The Bertz CT molecular complexity index is 2390. The summed E-state index contributed by atoms with van der Waals surface area (Å²) in [4.78, 5) is 14.5. The number of hydrogen-bond donors (Lipinski definition) is 0. The highest BCUT2D eigenvalue weighted by molar-refractivity contribution is 7.88. The van der Waals surface area contributed by atoms with E-state index in [2.05, 4.69) is 9.80 Å². The second-order valence-electron chi connectivity index (χ2n) is 13.5. The lowest BCUT2D eigenvalue weighted by Gasteiger charge is -2.34. The van der Waals surface area contributed by atoms with Crippen molar-refractivity contribution >= 4 is 66.0 Å². The molecular weight excluding hydrogens is 761 g/mol. The number of ether oxygens (including phenoxy) is 2. The molecule has 4 aromatic heterocycles. The number of nitrogens with zero attached hydrogens (tertiary/aromatic N) is 12. The maximum atomic E-state index is 12.2. The van der Waals surface area contributed by atoms with Gasteiger partial charge in [-0.3, -0.25) is 0 Å². The van der Waals surface area contributed by atoms with Crippen molar-refractivity contribution in [2.75, 3.05) is 98.9 Å². The van der Waals surface area contributed by atoms with E-state index < -0.39 is 20.0 Å². The Labute approximate surface area is 324 Å².